The van der Waals surface area contributed by atoms with Crippen LogP contribution in [0.5, 0.6) is 0 Å². The fourth-order valence-electron chi connectivity index (χ4n) is 2.41. The van der Waals surface area contributed by atoms with Gasteiger partial charge in [-0.25, -0.2) is 4.39 Å². The van der Waals surface area contributed by atoms with Crippen molar-refractivity contribution in [1.29, 1.82) is 0 Å². The summed E-state index contributed by atoms with van der Waals surface area (Å²) in [5, 5.41) is 1.17. The van der Waals surface area contributed by atoms with E-state index in [0.717, 1.165) is 24.0 Å². The van der Waals surface area contributed by atoms with E-state index in [1.807, 2.05) is 6.07 Å². The van der Waals surface area contributed by atoms with Gasteiger partial charge in [0.1, 0.15) is 5.82 Å². The van der Waals surface area contributed by atoms with Gasteiger partial charge in [-0.05, 0) is 36.6 Å². The van der Waals surface area contributed by atoms with Gasteiger partial charge < -0.3 is 0 Å². The Labute approximate surface area is 115 Å². The zero-order chi connectivity index (χ0) is 12.4. The average molecular weight is 321 g/mol. The van der Waals surface area contributed by atoms with Crippen molar-refractivity contribution in [3.8, 4) is 0 Å². The van der Waals surface area contributed by atoms with Gasteiger partial charge in [-0.15, -0.1) is 0 Å². The number of halogens is 3. The van der Waals surface area contributed by atoms with E-state index in [9.17, 15) is 4.39 Å². The molecule has 2 rings (SSSR count). The quantitative estimate of drug-likeness (QED) is 0.758. The van der Waals surface area contributed by atoms with Crippen LogP contribution in [-0.2, 0) is 6.54 Å². The molecule has 0 saturated carbocycles. The number of benzene rings is 1. The summed E-state index contributed by atoms with van der Waals surface area (Å²) in [5.74, 6) is 0.373. The molecular weight excluding hydrogens is 305 g/mol. The highest BCUT2D eigenvalue weighted by Gasteiger charge is 2.29. The standard InChI is InChI=1S/C13H16BrClFN/c1-9-4-5-17(13(9)7-14)8-10-2-3-11(15)12(16)6-10/h2-3,6,9,13H,4-5,7-8H2,1H3. The second kappa shape index (κ2) is 5.68. The van der Waals surface area contributed by atoms with Gasteiger partial charge in [0.25, 0.3) is 0 Å². The third-order valence-corrected chi connectivity index (χ3v) is 4.50. The summed E-state index contributed by atoms with van der Waals surface area (Å²) in [6.07, 6.45) is 1.21. The van der Waals surface area contributed by atoms with Crippen LogP contribution < -0.4 is 0 Å². The molecule has 1 aromatic carbocycles. The van der Waals surface area contributed by atoms with E-state index in [0.29, 0.717) is 12.0 Å². The maximum atomic E-state index is 13.3. The summed E-state index contributed by atoms with van der Waals surface area (Å²) >= 11 is 9.24. The lowest BCUT2D eigenvalue weighted by atomic mass is 10.0. The van der Waals surface area contributed by atoms with Crippen LogP contribution in [0.3, 0.4) is 0 Å². The molecule has 17 heavy (non-hydrogen) atoms. The molecule has 1 fully saturated rings. The Bertz CT molecular complexity index is 399. The molecule has 1 nitrogen and oxygen atoms in total. The SMILES string of the molecule is CC1CCN(Cc2ccc(Cl)c(F)c2)C1CBr. The van der Waals surface area contributed by atoms with Crippen molar-refractivity contribution in [3.05, 3.63) is 34.6 Å². The molecule has 1 aliphatic heterocycles. The van der Waals surface area contributed by atoms with E-state index in [1.165, 1.54) is 12.5 Å². The summed E-state index contributed by atoms with van der Waals surface area (Å²) in [4.78, 5) is 2.40. The first-order valence-corrected chi connectivity index (χ1v) is 7.35. The van der Waals surface area contributed by atoms with Crippen LogP contribution in [0.25, 0.3) is 0 Å². The number of hydrogen-bond donors (Lipinski definition) is 0. The van der Waals surface area contributed by atoms with Crippen LogP contribution in [0.2, 0.25) is 5.02 Å². The van der Waals surface area contributed by atoms with Crippen LogP contribution in [0, 0.1) is 11.7 Å². The Morgan fingerprint density at radius 1 is 1.53 bits per heavy atom. The molecule has 0 N–H and O–H groups in total. The van der Waals surface area contributed by atoms with Gasteiger partial charge in [0.05, 0.1) is 5.02 Å². The molecule has 2 unspecified atom stereocenters. The van der Waals surface area contributed by atoms with Crippen LogP contribution in [0.4, 0.5) is 4.39 Å². The molecule has 0 aliphatic carbocycles. The first-order valence-electron chi connectivity index (χ1n) is 5.85. The van der Waals surface area contributed by atoms with E-state index in [-0.39, 0.29) is 10.8 Å². The molecular formula is C13H16BrClFN. The van der Waals surface area contributed by atoms with E-state index < -0.39 is 0 Å². The fraction of sp³-hybridized carbons (Fsp3) is 0.538. The van der Waals surface area contributed by atoms with Gasteiger partial charge >= 0.3 is 0 Å². The van der Waals surface area contributed by atoms with Crippen molar-refractivity contribution in [2.75, 3.05) is 11.9 Å². The van der Waals surface area contributed by atoms with Crippen LogP contribution in [-0.4, -0.2) is 22.8 Å². The Morgan fingerprint density at radius 2 is 2.29 bits per heavy atom. The fourth-order valence-corrected chi connectivity index (χ4v) is 3.57. The minimum Gasteiger partial charge on any atom is -0.295 e. The smallest absolute Gasteiger partial charge is 0.142 e. The van der Waals surface area contributed by atoms with Crippen molar-refractivity contribution in [3.63, 3.8) is 0 Å². The zero-order valence-corrected chi connectivity index (χ0v) is 12.1. The van der Waals surface area contributed by atoms with Gasteiger partial charge in [-0.2, -0.15) is 0 Å². The van der Waals surface area contributed by atoms with E-state index in [2.05, 4.69) is 27.8 Å². The van der Waals surface area contributed by atoms with Crippen molar-refractivity contribution in [2.45, 2.75) is 25.9 Å². The first-order chi connectivity index (χ1) is 8.11. The topological polar surface area (TPSA) is 3.24 Å². The third-order valence-electron chi connectivity index (χ3n) is 3.53. The summed E-state index contributed by atoms with van der Waals surface area (Å²) in [5.41, 5.74) is 0.993. The van der Waals surface area contributed by atoms with Crippen LogP contribution in [0.1, 0.15) is 18.9 Å². The van der Waals surface area contributed by atoms with Gasteiger partial charge in [0.15, 0.2) is 0 Å². The van der Waals surface area contributed by atoms with Gasteiger partial charge in [-0.3, -0.25) is 4.90 Å². The highest BCUT2D eigenvalue weighted by molar-refractivity contribution is 9.09. The maximum absolute atomic E-state index is 13.3. The lowest BCUT2D eigenvalue weighted by molar-refractivity contribution is 0.244. The summed E-state index contributed by atoms with van der Waals surface area (Å²) < 4.78 is 13.3. The zero-order valence-electron chi connectivity index (χ0n) is 9.80. The third kappa shape index (κ3) is 3.01. The Balaban J connectivity index is 2.07. The molecule has 1 aliphatic rings. The Morgan fingerprint density at radius 3 is 2.94 bits per heavy atom. The van der Waals surface area contributed by atoms with Crippen LogP contribution >= 0.6 is 27.5 Å². The highest BCUT2D eigenvalue weighted by Crippen LogP contribution is 2.27. The number of nitrogens with zero attached hydrogens (tertiary/aromatic N) is 1. The molecule has 0 bridgehead atoms. The van der Waals surface area contributed by atoms with E-state index >= 15 is 0 Å². The summed E-state index contributed by atoms with van der Waals surface area (Å²) in [6, 6.07) is 5.62. The molecule has 0 spiro atoms. The average Bonchev–Trinajstić information content (AvgIpc) is 2.64. The van der Waals surface area contributed by atoms with Gasteiger partial charge in [0, 0.05) is 17.9 Å². The van der Waals surface area contributed by atoms with Crippen molar-refractivity contribution in [1.82, 2.24) is 4.90 Å². The van der Waals surface area contributed by atoms with E-state index in [1.54, 1.807) is 6.07 Å². The predicted octanol–water partition coefficient (Wildman–Crippen LogP) is 4.08. The van der Waals surface area contributed by atoms with Crippen molar-refractivity contribution < 1.29 is 4.39 Å². The molecule has 1 heterocycles. The molecule has 1 aromatic rings. The summed E-state index contributed by atoms with van der Waals surface area (Å²) in [7, 11) is 0. The minimum atomic E-state index is -0.327. The molecule has 94 valence electrons. The molecule has 0 radical (unpaired) electrons. The molecule has 0 aromatic heterocycles. The largest absolute Gasteiger partial charge is 0.295 e. The predicted molar refractivity (Wildman–Crippen MR) is 73.2 cm³/mol. The number of alkyl halides is 1. The normalized spacial score (nSPS) is 25.4. The van der Waals surface area contributed by atoms with Crippen molar-refractivity contribution >= 4 is 27.5 Å². The Hall–Kier alpha value is -0.120. The van der Waals surface area contributed by atoms with Crippen LogP contribution in [0.15, 0.2) is 18.2 Å². The number of rotatable bonds is 3. The van der Waals surface area contributed by atoms with Gasteiger partial charge in [-0.1, -0.05) is 40.5 Å². The first kappa shape index (κ1) is 13.3. The molecule has 0 amide bonds. The van der Waals surface area contributed by atoms with Gasteiger partial charge in [0.2, 0.25) is 0 Å². The minimum absolute atomic E-state index is 0.195. The highest BCUT2D eigenvalue weighted by atomic mass is 79.9. The molecule has 2 atom stereocenters. The maximum Gasteiger partial charge on any atom is 0.142 e. The Kier molecular flexibility index (Phi) is 4.45. The monoisotopic (exact) mass is 319 g/mol. The molecule has 1 saturated heterocycles. The second-order valence-electron chi connectivity index (χ2n) is 4.71. The second-order valence-corrected chi connectivity index (χ2v) is 5.76. The van der Waals surface area contributed by atoms with E-state index in [4.69, 9.17) is 11.6 Å². The number of likely N-dealkylation sites (tertiary alicyclic amines) is 1. The lowest BCUT2D eigenvalue weighted by Gasteiger charge is -2.25. The summed E-state index contributed by atoms with van der Waals surface area (Å²) in [6.45, 7) is 4.16. The molecule has 4 heteroatoms. The lowest BCUT2D eigenvalue weighted by Crippen LogP contribution is -2.32. The number of hydrogen-bond acceptors (Lipinski definition) is 1. The van der Waals surface area contributed by atoms with Crippen molar-refractivity contribution in [2.24, 2.45) is 5.92 Å².